The Morgan fingerprint density at radius 2 is 1.79 bits per heavy atom. The van der Waals surface area contributed by atoms with Crippen LogP contribution in [0.2, 0.25) is 0 Å². The zero-order valence-corrected chi connectivity index (χ0v) is 22.1. The second-order valence-electron chi connectivity index (χ2n) is 9.72. The van der Waals surface area contributed by atoms with Crippen molar-refractivity contribution in [2.45, 2.75) is 70.4 Å². The molecule has 1 saturated carbocycles. The third-order valence-electron chi connectivity index (χ3n) is 6.84. The average Bonchev–Trinajstić information content (AvgIpc) is 3.48. The monoisotopic (exact) mass is 547 g/mol. The van der Waals surface area contributed by atoms with Crippen molar-refractivity contribution in [3.63, 3.8) is 0 Å². The number of hydrogen-bond donors (Lipinski definition) is 2. The summed E-state index contributed by atoms with van der Waals surface area (Å²) in [5, 5.41) is 6.22. The molecule has 2 aliphatic rings. The molecular weight excluding hydrogens is 518 g/mol. The van der Waals surface area contributed by atoms with Crippen molar-refractivity contribution in [2.24, 2.45) is 0 Å². The van der Waals surface area contributed by atoms with Crippen LogP contribution in [0.4, 0.5) is 10.5 Å². The average molecular weight is 549 g/mol. The summed E-state index contributed by atoms with van der Waals surface area (Å²) in [6.07, 6.45) is 4.13. The normalized spacial score (nSPS) is 18.5. The molecule has 2 fully saturated rings. The highest BCUT2D eigenvalue weighted by Crippen LogP contribution is 2.34. The van der Waals surface area contributed by atoms with Gasteiger partial charge in [0.15, 0.2) is 5.06 Å². The highest BCUT2D eigenvalue weighted by molar-refractivity contribution is 9.11. The molecule has 0 bridgehead atoms. The lowest BCUT2D eigenvalue weighted by Crippen LogP contribution is -2.55. The van der Waals surface area contributed by atoms with Gasteiger partial charge in [-0.15, -0.1) is 0 Å². The summed E-state index contributed by atoms with van der Waals surface area (Å²) >= 11 is 4.64. The van der Waals surface area contributed by atoms with E-state index in [0.29, 0.717) is 29.2 Å². The van der Waals surface area contributed by atoms with Crippen molar-refractivity contribution >= 4 is 50.9 Å². The lowest BCUT2D eigenvalue weighted by Gasteiger charge is -2.32. The highest BCUT2D eigenvalue weighted by Gasteiger charge is 2.43. The number of hydrogen-bond acceptors (Lipinski definition) is 5. The van der Waals surface area contributed by atoms with Gasteiger partial charge in [-0.05, 0) is 98.3 Å². The van der Waals surface area contributed by atoms with Crippen molar-refractivity contribution in [1.29, 1.82) is 0 Å². The zero-order valence-electron chi connectivity index (χ0n) is 19.7. The minimum atomic E-state index is -1.02. The van der Waals surface area contributed by atoms with E-state index in [1.807, 2.05) is 17.9 Å². The van der Waals surface area contributed by atoms with Gasteiger partial charge in [-0.3, -0.25) is 9.59 Å². The van der Waals surface area contributed by atoms with Gasteiger partial charge in [-0.2, -0.15) is 0 Å². The Bertz CT molecular complexity index is 1110. The van der Waals surface area contributed by atoms with Gasteiger partial charge in [-0.1, -0.05) is 24.2 Å². The summed E-state index contributed by atoms with van der Waals surface area (Å²) in [5.41, 5.74) is 0.885. The zero-order chi connectivity index (χ0) is 24.5. The maximum Gasteiger partial charge on any atom is 0.414 e. The van der Waals surface area contributed by atoms with Crippen molar-refractivity contribution < 1.29 is 19.1 Å². The number of aryl methyl sites for hydroxylation is 1. The van der Waals surface area contributed by atoms with E-state index in [1.165, 1.54) is 11.3 Å². The molecule has 2 heterocycles. The molecule has 1 saturated heterocycles. The summed E-state index contributed by atoms with van der Waals surface area (Å²) < 4.78 is 6.22. The molecule has 1 aliphatic heterocycles. The van der Waals surface area contributed by atoms with E-state index < -0.39 is 11.6 Å². The number of nitrogens with zero attached hydrogens (tertiary/aromatic N) is 1. The number of likely N-dealkylation sites (tertiary alicyclic amines) is 1. The van der Waals surface area contributed by atoms with Gasteiger partial charge in [-0.25, -0.2) is 4.79 Å². The first-order valence-electron chi connectivity index (χ1n) is 11.6. The van der Waals surface area contributed by atoms with E-state index in [9.17, 15) is 14.4 Å². The predicted octanol–water partition coefficient (Wildman–Crippen LogP) is 5.87. The van der Waals surface area contributed by atoms with Gasteiger partial charge < -0.3 is 20.3 Å². The Morgan fingerprint density at radius 3 is 2.38 bits per heavy atom. The number of benzene rings is 1. The van der Waals surface area contributed by atoms with Crippen LogP contribution < -0.4 is 15.4 Å². The van der Waals surface area contributed by atoms with Crippen LogP contribution in [0.3, 0.4) is 0 Å². The van der Waals surface area contributed by atoms with Crippen molar-refractivity contribution in [3.05, 3.63) is 45.2 Å². The van der Waals surface area contributed by atoms with E-state index in [2.05, 4.69) is 40.4 Å². The van der Waals surface area contributed by atoms with Crippen LogP contribution in [-0.4, -0.2) is 40.4 Å². The highest BCUT2D eigenvalue weighted by atomic mass is 79.9. The molecule has 7 nitrogen and oxygen atoms in total. The van der Waals surface area contributed by atoms with Crippen LogP contribution in [0.25, 0.3) is 0 Å². The largest absolute Gasteiger partial charge is 0.414 e. The van der Waals surface area contributed by atoms with Crippen LogP contribution >= 0.6 is 27.3 Å². The smallest absolute Gasteiger partial charge is 0.399 e. The maximum absolute atomic E-state index is 13.3. The Hall–Kier alpha value is -2.39. The molecule has 34 heavy (non-hydrogen) atoms. The molecule has 1 aromatic heterocycles. The number of nitrogens with one attached hydrogen (secondary N) is 2. The van der Waals surface area contributed by atoms with Gasteiger partial charge in [0.1, 0.15) is 5.54 Å². The number of carbonyl (C=O) groups is 3. The maximum atomic E-state index is 13.3. The lowest BCUT2D eigenvalue weighted by molar-refractivity contribution is -0.122. The van der Waals surface area contributed by atoms with Gasteiger partial charge in [0.25, 0.3) is 5.91 Å². The molecule has 0 atom stereocenters. The van der Waals surface area contributed by atoms with Crippen molar-refractivity contribution in [3.8, 4) is 5.06 Å². The number of carbonyl (C=O) groups excluding carboxylic acids is 3. The van der Waals surface area contributed by atoms with E-state index >= 15 is 0 Å². The molecule has 1 aromatic carbocycles. The van der Waals surface area contributed by atoms with E-state index in [-0.39, 0.29) is 17.4 Å². The fraction of sp³-hybridized carbons (Fsp3) is 0.480. The van der Waals surface area contributed by atoms with Crippen molar-refractivity contribution in [1.82, 2.24) is 10.2 Å². The molecule has 1 aliphatic carbocycles. The summed E-state index contributed by atoms with van der Waals surface area (Å²) in [4.78, 5) is 40.9. The summed E-state index contributed by atoms with van der Waals surface area (Å²) in [6.45, 7) is 6.83. The molecule has 0 spiro atoms. The summed E-state index contributed by atoms with van der Waals surface area (Å²) in [7, 11) is 0. The number of halogens is 1. The van der Waals surface area contributed by atoms with Crippen LogP contribution in [0, 0.1) is 6.92 Å². The second-order valence-corrected chi connectivity index (χ2v) is 12.1. The molecule has 182 valence electrons. The molecule has 0 unspecified atom stereocenters. The standard InChI is InChI=1S/C25H30BrN3O4S/c1-16-15-17(7-8-18(16)21(30)29-14-6-11-24(29,2)3)27-22(31)25(12-4-5-13-25)28-23(32)33-20-10-9-19(26)34-20/h7-10,15H,4-6,11-14H2,1-3H3,(H,27,31)(H,28,32). The fourth-order valence-corrected chi connectivity index (χ4v) is 6.11. The summed E-state index contributed by atoms with van der Waals surface area (Å²) in [5.74, 6) is -0.247. The van der Waals surface area contributed by atoms with Crippen LogP contribution in [-0.2, 0) is 4.79 Å². The molecular formula is C25H30BrN3O4S. The summed E-state index contributed by atoms with van der Waals surface area (Å²) in [6, 6.07) is 8.85. The molecule has 4 rings (SSSR count). The Morgan fingerprint density at radius 1 is 1.06 bits per heavy atom. The minimum absolute atomic E-state index is 0.0229. The van der Waals surface area contributed by atoms with E-state index in [1.54, 1.807) is 24.3 Å². The Labute approximate surface area is 212 Å². The third-order valence-corrected chi connectivity index (χ3v) is 8.34. The van der Waals surface area contributed by atoms with Gasteiger partial charge in [0.2, 0.25) is 5.91 Å². The number of ether oxygens (including phenoxy) is 1. The number of amides is 3. The third kappa shape index (κ3) is 5.15. The van der Waals surface area contributed by atoms with Gasteiger partial charge in [0.05, 0.1) is 3.79 Å². The Kier molecular flexibility index (Phi) is 7.05. The van der Waals surface area contributed by atoms with Crippen LogP contribution in [0.15, 0.2) is 34.1 Å². The topological polar surface area (TPSA) is 87.7 Å². The first-order valence-corrected chi connectivity index (χ1v) is 13.2. The quantitative estimate of drug-likeness (QED) is 0.489. The van der Waals surface area contributed by atoms with Gasteiger partial charge >= 0.3 is 6.09 Å². The molecule has 2 N–H and O–H groups in total. The van der Waals surface area contributed by atoms with E-state index in [0.717, 1.165) is 41.6 Å². The lowest BCUT2D eigenvalue weighted by atomic mass is 9.96. The SMILES string of the molecule is Cc1cc(NC(=O)C2(NC(=O)Oc3ccc(Br)s3)CCCC2)ccc1C(=O)N1CCCC1(C)C. The fourth-order valence-electron chi connectivity index (χ4n) is 4.91. The van der Waals surface area contributed by atoms with Crippen molar-refractivity contribution in [2.75, 3.05) is 11.9 Å². The molecule has 0 radical (unpaired) electrons. The van der Waals surface area contributed by atoms with Gasteiger partial charge in [0, 0.05) is 23.3 Å². The predicted molar refractivity (Wildman–Crippen MR) is 137 cm³/mol. The molecule has 3 amide bonds. The number of thiophene rings is 1. The second kappa shape index (κ2) is 9.70. The van der Waals surface area contributed by atoms with Crippen LogP contribution in [0.5, 0.6) is 5.06 Å². The minimum Gasteiger partial charge on any atom is -0.399 e. The molecule has 9 heteroatoms. The number of anilines is 1. The van der Waals surface area contributed by atoms with E-state index in [4.69, 9.17) is 4.74 Å². The first kappa shape index (κ1) is 24.7. The first-order chi connectivity index (χ1) is 16.1. The number of rotatable bonds is 5. The van der Waals surface area contributed by atoms with Crippen LogP contribution in [0.1, 0.15) is 68.3 Å². The molecule has 2 aromatic rings. The Balaban J connectivity index is 1.45.